The fraction of sp³-hybridized carbons (Fsp3) is 0.250. The highest BCUT2D eigenvalue weighted by Crippen LogP contribution is 2.18. The third kappa shape index (κ3) is 4.38. The largest absolute Gasteiger partial charge is 0.264 e. The van der Waals surface area contributed by atoms with Crippen molar-refractivity contribution < 1.29 is 13.3 Å². The maximum atomic E-state index is 12.3. The monoisotopic (exact) mass is 349 g/mol. The molecule has 0 amide bonds. The first-order valence-electron chi connectivity index (χ1n) is 7.34. The van der Waals surface area contributed by atoms with E-state index < -0.39 is 27.0 Å². The normalized spacial score (nSPS) is 14.1. The second-order valence-corrected chi connectivity index (χ2v) is 7.16. The maximum Gasteiger partial charge on any atom is 0.253 e. The van der Waals surface area contributed by atoms with E-state index in [0.717, 1.165) is 5.56 Å². The molecule has 24 heavy (non-hydrogen) atoms. The lowest BCUT2D eigenvalue weighted by Crippen LogP contribution is -2.45. The molecule has 0 aliphatic heterocycles. The molecule has 2 rings (SSSR count). The second kappa shape index (κ2) is 7.52. The Balaban J connectivity index is 2.21. The first kappa shape index (κ1) is 18.1. The molecule has 2 N–H and O–H groups in total. The average molecular weight is 349 g/mol. The van der Waals surface area contributed by atoms with Crippen molar-refractivity contribution in [3.8, 4) is 0 Å². The Kier molecular flexibility index (Phi) is 5.66. The fourth-order valence-corrected chi connectivity index (χ4v) is 3.08. The maximum absolute atomic E-state index is 12.3. The number of hydrogen-bond donors (Lipinski definition) is 2. The minimum Gasteiger partial charge on any atom is -0.264 e. The van der Waals surface area contributed by atoms with E-state index >= 15 is 0 Å². The number of sulfonamides is 1. The van der Waals surface area contributed by atoms with Gasteiger partial charge in [0.2, 0.25) is 6.04 Å². The lowest BCUT2D eigenvalue weighted by Gasteiger charge is -2.20. The van der Waals surface area contributed by atoms with Crippen LogP contribution in [0.2, 0.25) is 0 Å². The molecule has 0 aromatic heterocycles. The van der Waals surface area contributed by atoms with Gasteiger partial charge in [-0.2, -0.15) is 0 Å². The van der Waals surface area contributed by atoms with Crippen molar-refractivity contribution in [1.29, 1.82) is 0 Å². The summed E-state index contributed by atoms with van der Waals surface area (Å²) in [6.07, 6.45) is 0. The van der Waals surface area contributed by atoms with Gasteiger partial charge in [-0.15, -0.1) is 4.83 Å². The summed E-state index contributed by atoms with van der Waals surface area (Å²) in [5.41, 5.74) is 4.15. The van der Waals surface area contributed by atoms with E-state index in [9.17, 15) is 18.5 Å². The van der Waals surface area contributed by atoms with Crippen LogP contribution in [-0.4, -0.2) is 19.4 Å². The summed E-state index contributed by atoms with van der Waals surface area (Å²) in [5, 5.41) is 11.1. The zero-order valence-electron chi connectivity index (χ0n) is 13.3. The summed E-state index contributed by atoms with van der Waals surface area (Å²) in [5.74, 6) is 0. The second-order valence-electron chi connectivity index (χ2n) is 5.48. The van der Waals surface area contributed by atoms with Gasteiger partial charge in [-0.3, -0.25) is 10.1 Å². The molecule has 0 radical (unpaired) electrons. The number of aryl methyl sites for hydroxylation is 1. The Labute approximate surface area is 140 Å². The van der Waals surface area contributed by atoms with Crippen molar-refractivity contribution in [2.24, 2.45) is 0 Å². The highest BCUT2D eigenvalue weighted by atomic mass is 32.2. The molecule has 2 aromatic rings. The molecule has 0 aliphatic carbocycles. The van der Waals surface area contributed by atoms with Crippen LogP contribution in [0.4, 0.5) is 0 Å². The molecule has 0 bridgehead atoms. The van der Waals surface area contributed by atoms with Gasteiger partial charge in [0.15, 0.2) is 0 Å². The Morgan fingerprint density at radius 3 is 2.17 bits per heavy atom. The van der Waals surface area contributed by atoms with Crippen molar-refractivity contribution >= 4 is 10.0 Å². The van der Waals surface area contributed by atoms with Crippen molar-refractivity contribution in [1.82, 2.24) is 10.3 Å². The van der Waals surface area contributed by atoms with Crippen LogP contribution in [0, 0.1) is 17.0 Å². The van der Waals surface area contributed by atoms with E-state index in [1.54, 1.807) is 42.5 Å². The molecular weight excluding hydrogens is 330 g/mol. The molecule has 8 heteroatoms. The number of hydrazine groups is 1. The lowest BCUT2D eigenvalue weighted by atomic mass is 10.0. The predicted molar refractivity (Wildman–Crippen MR) is 90.3 cm³/mol. The predicted octanol–water partition coefficient (Wildman–Crippen LogP) is 2.18. The average Bonchev–Trinajstić information content (AvgIpc) is 2.56. The minimum absolute atomic E-state index is 0.0844. The Hall–Kier alpha value is -2.29. The van der Waals surface area contributed by atoms with E-state index in [4.69, 9.17) is 0 Å². The van der Waals surface area contributed by atoms with Crippen LogP contribution < -0.4 is 10.3 Å². The molecular formula is C16H19N3O4S. The molecule has 0 heterocycles. The van der Waals surface area contributed by atoms with Crippen LogP contribution in [0.15, 0.2) is 59.5 Å². The zero-order chi connectivity index (χ0) is 17.7. The third-order valence-electron chi connectivity index (χ3n) is 3.65. The number of rotatable bonds is 7. The van der Waals surface area contributed by atoms with Gasteiger partial charge in [0.1, 0.15) is 6.04 Å². The molecule has 0 saturated carbocycles. The van der Waals surface area contributed by atoms with Crippen LogP contribution in [0.1, 0.15) is 24.1 Å². The van der Waals surface area contributed by atoms with E-state index in [2.05, 4.69) is 10.3 Å². The number of nitrogens with one attached hydrogen (secondary N) is 2. The summed E-state index contributed by atoms with van der Waals surface area (Å²) in [6.45, 7) is 3.27. The molecule has 0 aliphatic rings. The first-order chi connectivity index (χ1) is 11.3. The first-order valence-corrected chi connectivity index (χ1v) is 8.82. The third-order valence-corrected chi connectivity index (χ3v) is 4.93. The van der Waals surface area contributed by atoms with Gasteiger partial charge >= 0.3 is 0 Å². The van der Waals surface area contributed by atoms with E-state index in [0.29, 0.717) is 5.56 Å². The quantitative estimate of drug-likeness (QED) is 0.589. The number of nitrogens with zero attached hydrogens (tertiary/aromatic N) is 1. The summed E-state index contributed by atoms with van der Waals surface area (Å²) in [7, 11) is -3.82. The SMILES string of the molecule is Cc1ccc(S(=O)(=O)NNC(c2ccccc2)C(C)[N+](=O)[O-])cc1. The smallest absolute Gasteiger partial charge is 0.253 e. The molecule has 0 spiro atoms. The molecule has 128 valence electrons. The van der Waals surface area contributed by atoms with Gasteiger partial charge in [-0.05, 0) is 24.6 Å². The van der Waals surface area contributed by atoms with Crippen LogP contribution >= 0.6 is 0 Å². The van der Waals surface area contributed by atoms with Gasteiger partial charge in [0.05, 0.1) is 4.90 Å². The van der Waals surface area contributed by atoms with E-state index in [1.165, 1.54) is 19.1 Å². The summed E-state index contributed by atoms with van der Waals surface area (Å²) in [6, 6.07) is 13.2. The van der Waals surface area contributed by atoms with Crippen LogP contribution in [0.3, 0.4) is 0 Å². The molecule has 2 unspecified atom stereocenters. The van der Waals surface area contributed by atoms with Crippen molar-refractivity contribution in [2.75, 3.05) is 0 Å². The van der Waals surface area contributed by atoms with Gasteiger partial charge in [-0.1, -0.05) is 48.0 Å². The number of hydrogen-bond acceptors (Lipinski definition) is 5. The summed E-state index contributed by atoms with van der Waals surface area (Å²) in [4.78, 5) is 13.0. The lowest BCUT2D eigenvalue weighted by molar-refractivity contribution is -0.523. The molecule has 2 aromatic carbocycles. The molecule has 0 fully saturated rings. The van der Waals surface area contributed by atoms with E-state index in [1.807, 2.05) is 6.92 Å². The summed E-state index contributed by atoms with van der Waals surface area (Å²) < 4.78 is 24.7. The van der Waals surface area contributed by atoms with Crippen LogP contribution in [0.25, 0.3) is 0 Å². The Morgan fingerprint density at radius 2 is 1.62 bits per heavy atom. The molecule has 2 atom stereocenters. The Morgan fingerprint density at radius 1 is 1.04 bits per heavy atom. The van der Waals surface area contributed by atoms with Crippen LogP contribution in [0.5, 0.6) is 0 Å². The molecule has 0 saturated heterocycles. The van der Waals surface area contributed by atoms with Crippen LogP contribution in [-0.2, 0) is 10.0 Å². The highest BCUT2D eigenvalue weighted by Gasteiger charge is 2.29. The van der Waals surface area contributed by atoms with E-state index in [-0.39, 0.29) is 4.90 Å². The van der Waals surface area contributed by atoms with Crippen molar-refractivity contribution in [3.05, 3.63) is 75.8 Å². The minimum atomic E-state index is -3.82. The highest BCUT2D eigenvalue weighted by molar-refractivity contribution is 7.89. The standard InChI is InChI=1S/C16H19N3O4S/c1-12-8-10-15(11-9-12)24(22,23)18-17-16(13(2)19(20)21)14-6-4-3-5-7-14/h3-11,13,16-18H,1-2H3. The Bertz CT molecular complexity index is 792. The van der Waals surface area contributed by atoms with Gasteiger partial charge < -0.3 is 0 Å². The van der Waals surface area contributed by atoms with Gasteiger partial charge in [-0.25, -0.2) is 13.8 Å². The molecule has 7 nitrogen and oxygen atoms in total. The fourth-order valence-electron chi connectivity index (χ4n) is 2.18. The van der Waals surface area contributed by atoms with Gasteiger partial charge in [0.25, 0.3) is 10.0 Å². The topological polar surface area (TPSA) is 101 Å². The van der Waals surface area contributed by atoms with Gasteiger partial charge in [0, 0.05) is 11.8 Å². The number of nitro groups is 1. The van der Waals surface area contributed by atoms with Crippen molar-refractivity contribution in [3.63, 3.8) is 0 Å². The van der Waals surface area contributed by atoms with Crippen molar-refractivity contribution in [2.45, 2.75) is 30.8 Å². The zero-order valence-corrected chi connectivity index (χ0v) is 14.2. The summed E-state index contributed by atoms with van der Waals surface area (Å²) >= 11 is 0. The number of benzene rings is 2.